The van der Waals surface area contributed by atoms with E-state index in [1.54, 1.807) is 12.1 Å². The van der Waals surface area contributed by atoms with Crippen molar-refractivity contribution in [2.45, 2.75) is 48.2 Å². The molecule has 4 atom stereocenters. The molecule has 2 N–H and O–H groups in total. The molecule has 0 aromatic heterocycles. The van der Waals surface area contributed by atoms with Crippen molar-refractivity contribution in [3.63, 3.8) is 0 Å². The summed E-state index contributed by atoms with van der Waals surface area (Å²) in [5, 5.41) is 7.90. The van der Waals surface area contributed by atoms with Crippen LogP contribution >= 0.6 is 11.8 Å². The van der Waals surface area contributed by atoms with Crippen molar-refractivity contribution in [3.8, 4) is 0 Å². The van der Waals surface area contributed by atoms with Gasteiger partial charge in [0.15, 0.2) is 9.84 Å². The Balaban J connectivity index is 1.63. The quantitative estimate of drug-likeness (QED) is 0.833. The van der Waals surface area contributed by atoms with Crippen LogP contribution in [0.3, 0.4) is 0 Å². The molecule has 2 aliphatic rings. The van der Waals surface area contributed by atoms with Gasteiger partial charge < -0.3 is 0 Å². The Morgan fingerprint density at radius 2 is 2.08 bits per heavy atom. The van der Waals surface area contributed by atoms with Gasteiger partial charge in [-0.3, -0.25) is 15.6 Å². The summed E-state index contributed by atoms with van der Waals surface area (Å²) in [4.78, 5) is 4.84. The third-order valence-electron chi connectivity index (χ3n) is 4.58. The fourth-order valence-corrected chi connectivity index (χ4v) is 5.18. The summed E-state index contributed by atoms with van der Waals surface area (Å²) in [6.45, 7) is 2.97. The van der Waals surface area contributed by atoms with Gasteiger partial charge in [-0.05, 0) is 43.2 Å². The van der Waals surface area contributed by atoms with Crippen LogP contribution in [0.4, 0.5) is 0 Å². The second kappa shape index (κ2) is 7.56. The predicted molar refractivity (Wildman–Crippen MR) is 101 cm³/mol. The van der Waals surface area contributed by atoms with Gasteiger partial charge in [0.05, 0.1) is 23.6 Å². The van der Waals surface area contributed by atoms with E-state index < -0.39 is 9.84 Å². The number of nitrogens with one attached hydrogen (secondary N) is 2. The molecule has 0 bridgehead atoms. The van der Waals surface area contributed by atoms with Gasteiger partial charge in [-0.1, -0.05) is 12.1 Å². The van der Waals surface area contributed by atoms with Crippen molar-refractivity contribution in [3.05, 3.63) is 29.8 Å². The second-order valence-electron chi connectivity index (χ2n) is 6.56. The van der Waals surface area contributed by atoms with Crippen LogP contribution in [0.5, 0.6) is 0 Å². The zero-order chi connectivity index (χ0) is 17.2. The molecule has 7 heteroatoms. The first-order valence-corrected chi connectivity index (χ1v) is 11.3. The number of sulfone groups is 1. The number of rotatable bonds is 5. The lowest BCUT2D eigenvalue weighted by atomic mass is 10.1. The van der Waals surface area contributed by atoms with Crippen LogP contribution in [0.15, 0.2) is 34.2 Å². The van der Waals surface area contributed by atoms with Crippen LogP contribution in [0.2, 0.25) is 0 Å². The summed E-state index contributed by atoms with van der Waals surface area (Å²) in [5.41, 5.74) is 1.03. The summed E-state index contributed by atoms with van der Waals surface area (Å²) in [5.74, 6) is 1.27. The van der Waals surface area contributed by atoms with Crippen molar-refractivity contribution in [2.24, 2.45) is 4.99 Å². The average Bonchev–Trinajstić information content (AvgIpc) is 3.09. The molecule has 1 aromatic rings. The van der Waals surface area contributed by atoms with Crippen LogP contribution in [0.1, 0.15) is 31.4 Å². The van der Waals surface area contributed by atoms with Gasteiger partial charge in [0.1, 0.15) is 0 Å². The third kappa shape index (κ3) is 4.39. The molecular weight excluding hydrogens is 342 g/mol. The molecule has 0 radical (unpaired) electrons. The third-order valence-corrected chi connectivity index (χ3v) is 7.30. The number of thioether (sulfide) groups is 1. The highest BCUT2D eigenvalue weighted by Gasteiger charge is 2.26. The maximum Gasteiger partial charge on any atom is 0.175 e. The Morgan fingerprint density at radius 1 is 1.33 bits per heavy atom. The molecule has 1 aromatic carbocycles. The Bertz CT molecular complexity index is 682. The van der Waals surface area contributed by atoms with E-state index in [0.717, 1.165) is 12.1 Å². The van der Waals surface area contributed by atoms with Gasteiger partial charge in [-0.15, -0.1) is 0 Å². The van der Waals surface area contributed by atoms with Crippen molar-refractivity contribution in [1.82, 2.24) is 10.6 Å². The van der Waals surface area contributed by atoms with E-state index in [1.165, 1.54) is 24.9 Å². The highest BCUT2D eigenvalue weighted by Crippen LogP contribution is 2.29. The molecular formula is C17H25N3O2S2. The van der Waals surface area contributed by atoms with E-state index in [1.807, 2.05) is 18.3 Å². The summed E-state index contributed by atoms with van der Waals surface area (Å²) in [7, 11) is -3.16. The first kappa shape index (κ1) is 17.9. The van der Waals surface area contributed by atoms with Crippen molar-refractivity contribution in [1.29, 1.82) is 0 Å². The molecule has 3 rings (SSSR count). The number of aliphatic imine (C=N–C) groups is 1. The van der Waals surface area contributed by atoms with Gasteiger partial charge in [0, 0.05) is 23.8 Å². The highest BCUT2D eigenvalue weighted by atomic mass is 32.2. The first-order chi connectivity index (χ1) is 11.4. The maximum atomic E-state index is 11.6. The largest absolute Gasteiger partial charge is 0.297 e. The number of nitrogens with zero attached hydrogens (tertiary/aromatic N) is 1. The smallest absolute Gasteiger partial charge is 0.175 e. The Labute approximate surface area is 148 Å². The van der Waals surface area contributed by atoms with Crippen LogP contribution in [-0.2, 0) is 9.84 Å². The zero-order valence-electron chi connectivity index (χ0n) is 14.1. The minimum atomic E-state index is -3.16. The van der Waals surface area contributed by atoms with Crippen LogP contribution in [0.25, 0.3) is 0 Å². The van der Waals surface area contributed by atoms with E-state index >= 15 is 0 Å². The number of hydrogen-bond donors (Lipinski definition) is 2. The van der Waals surface area contributed by atoms with Crippen molar-refractivity contribution < 1.29 is 8.42 Å². The minimum absolute atomic E-state index is 0.00768. The monoisotopic (exact) mass is 367 g/mol. The van der Waals surface area contributed by atoms with E-state index in [-0.39, 0.29) is 12.2 Å². The number of benzene rings is 1. The van der Waals surface area contributed by atoms with Crippen LogP contribution in [-0.4, -0.2) is 50.6 Å². The van der Waals surface area contributed by atoms with Gasteiger partial charge >= 0.3 is 0 Å². The lowest BCUT2D eigenvalue weighted by Gasteiger charge is -2.31. The second-order valence-corrected chi connectivity index (χ2v) is 9.92. The van der Waals surface area contributed by atoms with Gasteiger partial charge in [-0.2, -0.15) is 11.8 Å². The standard InChI is InChI=1S/C17H25N3O2S2/c1-12(16-4-3-9-23-16)19-17-11-18-10-15(20-17)13-5-7-14(8-6-13)24(2,21)22/h5-8,10,12,15-17,19-20H,3-4,9,11H2,1-2H3/t12-,15?,16?,17?/m0/s1. The fraction of sp³-hybridized carbons (Fsp3) is 0.588. The Kier molecular flexibility index (Phi) is 5.64. The lowest BCUT2D eigenvalue weighted by molar-refractivity contribution is 0.360. The van der Waals surface area contributed by atoms with Gasteiger partial charge in [-0.25, -0.2) is 8.42 Å². The van der Waals surface area contributed by atoms with E-state index in [0.29, 0.717) is 16.2 Å². The van der Waals surface area contributed by atoms with Gasteiger partial charge in [0.2, 0.25) is 0 Å². The molecule has 5 nitrogen and oxygen atoms in total. The zero-order valence-corrected chi connectivity index (χ0v) is 15.7. The summed E-state index contributed by atoms with van der Waals surface area (Å²) < 4.78 is 23.1. The molecule has 2 heterocycles. The Hall–Kier alpha value is -0.890. The van der Waals surface area contributed by atoms with Gasteiger partial charge in [0.25, 0.3) is 0 Å². The number of hydrogen-bond acceptors (Lipinski definition) is 6. The normalized spacial score (nSPS) is 28.8. The topological polar surface area (TPSA) is 70.6 Å². The SMILES string of the molecule is C[C@H](NC1CN=CC(c2ccc(S(C)(=O)=O)cc2)N1)C1CCCS1. The summed E-state index contributed by atoms with van der Waals surface area (Å²) >= 11 is 2.05. The van der Waals surface area contributed by atoms with E-state index in [9.17, 15) is 8.42 Å². The first-order valence-electron chi connectivity index (χ1n) is 8.37. The molecule has 2 aliphatic heterocycles. The molecule has 1 saturated heterocycles. The molecule has 0 saturated carbocycles. The van der Waals surface area contributed by atoms with Crippen LogP contribution in [0, 0.1) is 0 Å². The molecule has 132 valence electrons. The molecule has 24 heavy (non-hydrogen) atoms. The predicted octanol–water partition coefficient (Wildman–Crippen LogP) is 2.00. The highest BCUT2D eigenvalue weighted by molar-refractivity contribution is 8.00. The summed E-state index contributed by atoms with van der Waals surface area (Å²) in [6, 6.07) is 7.51. The van der Waals surface area contributed by atoms with E-state index in [4.69, 9.17) is 0 Å². The Morgan fingerprint density at radius 3 is 2.71 bits per heavy atom. The lowest BCUT2D eigenvalue weighted by Crippen LogP contribution is -2.53. The van der Waals surface area contributed by atoms with Crippen molar-refractivity contribution in [2.75, 3.05) is 18.6 Å². The van der Waals surface area contributed by atoms with Crippen molar-refractivity contribution >= 4 is 27.8 Å². The fourth-order valence-electron chi connectivity index (χ4n) is 3.21. The molecule has 0 spiro atoms. The average molecular weight is 368 g/mol. The molecule has 0 aliphatic carbocycles. The molecule has 0 amide bonds. The molecule has 1 fully saturated rings. The maximum absolute atomic E-state index is 11.6. The summed E-state index contributed by atoms with van der Waals surface area (Å²) in [6.07, 6.45) is 5.87. The molecule has 3 unspecified atom stereocenters. The minimum Gasteiger partial charge on any atom is -0.297 e. The van der Waals surface area contributed by atoms with Crippen LogP contribution < -0.4 is 10.6 Å². The van der Waals surface area contributed by atoms with E-state index in [2.05, 4.69) is 34.3 Å².